The van der Waals surface area contributed by atoms with Crippen molar-refractivity contribution >= 4 is 22.4 Å². The predicted octanol–water partition coefficient (Wildman–Crippen LogP) is 0.872. The van der Waals surface area contributed by atoms with Crippen LogP contribution >= 0.6 is 0 Å². The molecule has 2 rings (SSSR count). The number of amides is 1. The molecule has 0 spiro atoms. The lowest BCUT2D eigenvalue weighted by Gasteiger charge is -2.27. The van der Waals surface area contributed by atoms with Gasteiger partial charge in [0.25, 0.3) is 5.91 Å². The molecule has 0 atom stereocenters. The van der Waals surface area contributed by atoms with Gasteiger partial charge >= 0.3 is 0 Å². The molecular weight excluding hydrogens is 264 g/mol. The summed E-state index contributed by atoms with van der Waals surface area (Å²) >= 11 is 0. The van der Waals surface area contributed by atoms with Gasteiger partial charge in [-0.25, -0.2) is 0 Å². The molecule has 19 heavy (non-hydrogen) atoms. The van der Waals surface area contributed by atoms with Crippen LogP contribution in [0.15, 0.2) is 18.2 Å². The molecule has 1 saturated heterocycles. The van der Waals surface area contributed by atoms with E-state index in [0.717, 1.165) is 0 Å². The highest BCUT2D eigenvalue weighted by molar-refractivity contribution is 7.85. The summed E-state index contributed by atoms with van der Waals surface area (Å²) in [5.41, 5.74) is 6.80. The van der Waals surface area contributed by atoms with E-state index in [1.54, 1.807) is 23.1 Å². The Hall–Kier alpha value is -1.56. The minimum Gasteiger partial charge on any atom is -0.491 e. The number of ether oxygens (including phenoxy) is 1. The van der Waals surface area contributed by atoms with E-state index < -0.39 is 10.8 Å². The molecule has 1 aromatic rings. The van der Waals surface area contributed by atoms with Gasteiger partial charge in [0.1, 0.15) is 0 Å². The van der Waals surface area contributed by atoms with E-state index in [1.165, 1.54) is 0 Å². The molecule has 0 unspecified atom stereocenters. The fourth-order valence-electron chi connectivity index (χ4n) is 2.04. The van der Waals surface area contributed by atoms with Crippen molar-refractivity contribution < 1.29 is 13.7 Å². The number of nitrogens with two attached hydrogens (primary N) is 1. The fraction of sp³-hybridized carbons (Fsp3) is 0.462. The Labute approximate surface area is 115 Å². The first-order valence-corrected chi connectivity index (χ1v) is 7.77. The molecule has 6 heteroatoms. The number of carbonyl (C=O) groups is 1. The lowest BCUT2D eigenvalue weighted by atomic mass is 10.1. The fourth-order valence-corrected chi connectivity index (χ4v) is 3.09. The van der Waals surface area contributed by atoms with Crippen LogP contribution in [0.2, 0.25) is 0 Å². The van der Waals surface area contributed by atoms with Crippen LogP contribution in [0.1, 0.15) is 17.3 Å². The summed E-state index contributed by atoms with van der Waals surface area (Å²) in [7, 11) is -0.797. The Kier molecular flexibility index (Phi) is 4.42. The SMILES string of the molecule is CCOc1c(N)cccc1C(=O)N1CCS(=O)CC1. The lowest BCUT2D eigenvalue weighted by Crippen LogP contribution is -2.41. The molecular formula is C13H18N2O3S. The Balaban J connectivity index is 2.23. The molecule has 0 aliphatic carbocycles. The van der Waals surface area contributed by atoms with Crippen LogP contribution in [0.25, 0.3) is 0 Å². The highest BCUT2D eigenvalue weighted by Gasteiger charge is 2.24. The molecule has 1 amide bonds. The summed E-state index contributed by atoms with van der Waals surface area (Å²) in [6.07, 6.45) is 0. The minimum absolute atomic E-state index is 0.104. The Morgan fingerprint density at radius 2 is 2.11 bits per heavy atom. The van der Waals surface area contributed by atoms with E-state index in [2.05, 4.69) is 0 Å². The summed E-state index contributed by atoms with van der Waals surface area (Å²) in [6, 6.07) is 5.18. The van der Waals surface area contributed by atoms with Crippen molar-refractivity contribution in [1.29, 1.82) is 0 Å². The van der Waals surface area contributed by atoms with Crippen molar-refractivity contribution in [1.82, 2.24) is 4.90 Å². The van der Waals surface area contributed by atoms with Gasteiger partial charge in [0.2, 0.25) is 0 Å². The van der Waals surface area contributed by atoms with Gasteiger partial charge in [0.15, 0.2) is 5.75 Å². The second kappa shape index (κ2) is 6.06. The van der Waals surface area contributed by atoms with Crippen LogP contribution in [0.4, 0.5) is 5.69 Å². The highest BCUT2D eigenvalue weighted by atomic mass is 32.2. The molecule has 1 aliphatic rings. The van der Waals surface area contributed by atoms with Crippen molar-refractivity contribution in [2.24, 2.45) is 0 Å². The van der Waals surface area contributed by atoms with Crippen LogP contribution in [-0.4, -0.2) is 46.2 Å². The normalized spacial score (nSPS) is 16.4. The van der Waals surface area contributed by atoms with E-state index in [4.69, 9.17) is 10.5 Å². The van der Waals surface area contributed by atoms with Crippen LogP contribution in [0.5, 0.6) is 5.75 Å². The van der Waals surface area contributed by atoms with Crippen molar-refractivity contribution in [3.05, 3.63) is 23.8 Å². The zero-order valence-corrected chi connectivity index (χ0v) is 11.7. The van der Waals surface area contributed by atoms with E-state index in [-0.39, 0.29) is 5.91 Å². The Morgan fingerprint density at radius 3 is 2.74 bits per heavy atom. The molecule has 1 aromatic carbocycles. The van der Waals surface area contributed by atoms with E-state index in [0.29, 0.717) is 48.2 Å². The third-order valence-corrected chi connectivity index (χ3v) is 4.31. The predicted molar refractivity (Wildman–Crippen MR) is 75.8 cm³/mol. The molecule has 0 bridgehead atoms. The quantitative estimate of drug-likeness (QED) is 0.835. The van der Waals surface area contributed by atoms with Gasteiger partial charge < -0.3 is 15.4 Å². The monoisotopic (exact) mass is 282 g/mol. The van der Waals surface area contributed by atoms with E-state index in [9.17, 15) is 9.00 Å². The van der Waals surface area contributed by atoms with E-state index >= 15 is 0 Å². The second-order valence-electron chi connectivity index (χ2n) is 4.30. The largest absolute Gasteiger partial charge is 0.491 e. The molecule has 104 valence electrons. The lowest BCUT2D eigenvalue weighted by molar-refractivity contribution is 0.0767. The number of nitrogen functional groups attached to an aromatic ring is 1. The minimum atomic E-state index is -0.797. The summed E-state index contributed by atoms with van der Waals surface area (Å²) in [5.74, 6) is 1.42. The molecule has 1 aliphatic heterocycles. The van der Waals surface area contributed by atoms with Gasteiger partial charge in [-0.2, -0.15) is 0 Å². The van der Waals surface area contributed by atoms with E-state index in [1.807, 2.05) is 6.92 Å². The third kappa shape index (κ3) is 3.07. The summed E-state index contributed by atoms with van der Waals surface area (Å²) < 4.78 is 16.8. The number of benzene rings is 1. The van der Waals surface area contributed by atoms with Crippen molar-refractivity contribution in [2.75, 3.05) is 36.9 Å². The molecule has 1 fully saturated rings. The zero-order valence-electron chi connectivity index (χ0n) is 10.9. The number of para-hydroxylation sites is 1. The average molecular weight is 282 g/mol. The maximum atomic E-state index is 12.4. The van der Waals surface area contributed by atoms with Crippen LogP contribution in [0.3, 0.4) is 0 Å². The van der Waals surface area contributed by atoms with Gasteiger partial charge in [-0.1, -0.05) is 6.07 Å². The molecule has 5 nitrogen and oxygen atoms in total. The van der Waals surface area contributed by atoms with Crippen molar-refractivity contribution in [3.8, 4) is 5.75 Å². The Bertz CT molecular complexity index is 495. The number of nitrogens with zero attached hydrogens (tertiary/aromatic N) is 1. The number of anilines is 1. The van der Waals surface area contributed by atoms with Gasteiger partial charge in [-0.05, 0) is 19.1 Å². The Morgan fingerprint density at radius 1 is 1.42 bits per heavy atom. The maximum absolute atomic E-state index is 12.4. The topological polar surface area (TPSA) is 72.6 Å². The van der Waals surface area contributed by atoms with Crippen LogP contribution < -0.4 is 10.5 Å². The van der Waals surface area contributed by atoms with Crippen molar-refractivity contribution in [2.45, 2.75) is 6.92 Å². The summed E-state index contributed by atoms with van der Waals surface area (Å²) in [4.78, 5) is 14.2. The number of hydrogen-bond acceptors (Lipinski definition) is 4. The average Bonchev–Trinajstić information content (AvgIpc) is 2.41. The molecule has 1 heterocycles. The maximum Gasteiger partial charge on any atom is 0.257 e. The highest BCUT2D eigenvalue weighted by Crippen LogP contribution is 2.27. The first-order chi connectivity index (χ1) is 9.13. The van der Waals surface area contributed by atoms with Gasteiger partial charge in [0, 0.05) is 35.4 Å². The van der Waals surface area contributed by atoms with Crippen molar-refractivity contribution in [3.63, 3.8) is 0 Å². The number of carbonyl (C=O) groups excluding carboxylic acids is 1. The van der Waals surface area contributed by atoms with Gasteiger partial charge in [-0.3, -0.25) is 9.00 Å². The first kappa shape index (κ1) is 13.9. The van der Waals surface area contributed by atoms with Gasteiger partial charge in [-0.15, -0.1) is 0 Å². The van der Waals surface area contributed by atoms with Crippen LogP contribution in [0, 0.1) is 0 Å². The summed E-state index contributed by atoms with van der Waals surface area (Å²) in [6.45, 7) is 3.35. The number of rotatable bonds is 3. The third-order valence-electron chi connectivity index (χ3n) is 3.03. The smallest absolute Gasteiger partial charge is 0.257 e. The molecule has 2 N–H and O–H groups in total. The molecule has 0 radical (unpaired) electrons. The summed E-state index contributed by atoms with van der Waals surface area (Å²) in [5, 5.41) is 0. The molecule has 0 saturated carbocycles. The first-order valence-electron chi connectivity index (χ1n) is 6.29. The standard InChI is InChI=1S/C13H18N2O3S/c1-2-18-12-10(4-3-5-11(12)14)13(16)15-6-8-19(17)9-7-15/h3-5H,2,6-9,14H2,1H3. The molecule has 0 aromatic heterocycles. The zero-order chi connectivity index (χ0) is 13.8. The van der Waals surface area contributed by atoms with Crippen LogP contribution in [-0.2, 0) is 10.8 Å². The second-order valence-corrected chi connectivity index (χ2v) is 5.99. The van der Waals surface area contributed by atoms with Gasteiger partial charge in [0.05, 0.1) is 17.9 Å². The number of hydrogen-bond donors (Lipinski definition) is 1.